The van der Waals surface area contributed by atoms with Crippen LogP contribution in [0.15, 0.2) is 48.5 Å². The van der Waals surface area contributed by atoms with Gasteiger partial charge < -0.3 is 9.47 Å². The Balaban J connectivity index is 1.43. The highest BCUT2D eigenvalue weighted by molar-refractivity contribution is 6.30. The van der Waals surface area contributed by atoms with Crippen LogP contribution in [0.4, 0.5) is 4.39 Å². The number of hydrogen-bond donors (Lipinski definition) is 0. The van der Waals surface area contributed by atoms with Gasteiger partial charge in [-0.25, -0.2) is 9.18 Å². The molecule has 0 radical (unpaired) electrons. The Morgan fingerprint density at radius 2 is 1.81 bits per heavy atom. The van der Waals surface area contributed by atoms with Gasteiger partial charge in [0.1, 0.15) is 24.8 Å². The van der Waals surface area contributed by atoms with Crippen LogP contribution in [0.25, 0.3) is 11.4 Å². The number of halogens is 2. The second kappa shape index (κ2) is 8.39. The number of carbonyl (C=O) groups is 1. The molecule has 0 saturated carbocycles. The molecule has 0 unspecified atom stereocenters. The van der Waals surface area contributed by atoms with Crippen LogP contribution in [0.5, 0.6) is 5.75 Å². The van der Waals surface area contributed by atoms with Crippen molar-refractivity contribution >= 4 is 17.6 Å². The first-order valence-electron chi connectivity index (χ1n) is 7.68. The summed E-state index contributed by atoms with van der Waals surface area (Å²) < 4.78 is 23.1. The molecule has 26 heavy (non-hydrogen) atoms. The first-order chi connectivity index (χ1) is 12.6. The van der Waals surface area contributed by atoms with E-state index in [1.54, 1.807) is 24.3 Å². The van der Waals surface area contributed by atoms with E-state index in [-0.39, 0.29) is 25.6 Å². The van der Waals surface area contributed by atoms with Crippen LogP contribution >= 0.6 is 11.6 Å². The predicted octanol–water partition coefficient (Wildman–Crippen LogP) is 2.75. The summed E-state index contributed by atoms with van der Waals surface area (Å²) in [6.07, 6.45) is 0. The normalized spacial score (nSPS) is 10.5. The van der Waals surface area contributed by atoms with Gasteiger partial charge in [0.25, 0.3) is 0 Å². The minimum atomic E-state index is -0.521. The van der Waals surface area contributed by atoms with E-state index in [0.717, 1.165) is 10.4 Å². The second-order valence-electron chi connectivity index (χ2n) is 5.17. The monoisotopic (exact) mass is 376 g/mol. The van der Waals surface area contributed by atoms with E-state index in [4.69, 9.17) is 21.1 Å². The molecule has 0 amide bonds. The van der Waals surface area contributed by atoms with Gasteiger partial charge in [0.05, 0.1) is 0 Å². The number of esters is 1. The summed E-state index contributed by atoms with van der Waals surface area (Å²) in [4.78, 5) is 12.9. The van der Waals surface area contributed by atoms with Crippen molar-refractivity contribution in [2.24, 2.45) is 0 Å². The van der Waals surface area contributed by atoms with Gasteiger partial charge in [0, 0.05) is 10.6 Å². The lowest BCUT2D eigenvalue weighted by Crippen LogP contribution is -2.18. The average molecular weight is 377 g/mol. The zero-order chi connectivity index (χ0) is 18.4. The fraction of sp³-hybridized carbons (Fsp3) is 0.176. The minimum absolute atomic E-state index is 0.0505. The fourth-order valence-corrected chi connectivity index (χ4v) is 2.16. The van der Waals surface area contributed by atoms with Gasteiger partial charge in [-0.05, 0) is 53.7 Å². The van der Waals surface area contributed by atoms with Gasteiger partial charge in [-0.3, -0.25) is 0 Å². The maximum Gasteiger partial charge on any atom is 0.329 e. The molecule has 0 saturated heterocycles. The van der Waals surface area contributed by atoms with E-state index in [1.165, 1.54) is 24.3 Å². The summed E-state index contributed by atoms with van der Waals surface area (Å²) in [5.74, 6) is 0.0111. The second-order valence-corrected chi connectivity index (χ2v) is 5.61. The largest absolute Gasteiger partial charge is 0.490 e. The van der Waals surface area contributed by atoms with Crippen molar-refractivity contribution in [1.29, 1.82) is 0 Å². The number of carbonyl (C=O) groups excluding carboxylic acids is 1. The standard InChI is InChI=1S/C17H14ClFN4O3/c18-13-3-1-12(2-4-13)17-20-22-23(21-17)11-16(24)26-10-9-25-15-7-5-14(19)6-8-15/h1-8H,9-11H2. The van der Waals surface area contributed by atoms with Gasteiger partial charge in [-0.1, -0.05) is 11.6 Å². The van der Waals surface area contributed by atoms with Crippen molar-refractivity contribution in [2.75, 3.05) is 13.2 Å². The van der Waals surface area contributed by atoms with Gasteiger partial charge in [-0.2, -0.15) is 4.80 Å². The van der Waals surface area contributed by atoms with E-state index in [1.807, 2.05) is 0 Å². The SMILES string of the molecule is O=C(Cn1nnc(-c2ccc(Cl)cc2)n1)OCCOc1ccc(F)cc1. The first-order valence-corrected chi connectivity index (χ1v) is 8.06. The van der Waals surface area contributed by atoms with Crippen molar-refractivity contribution in [3.63, 3.8) is 0 Å². The van der Waals surface area contributed by atoms with Gasteiger partial charge in [-0.15, -0.1) is 10.2 Å². The Labute approximate surface area is 153 Å². The predicted molar refractivity (Wildman–Crippen MR) is 91.1 cm³/mol. The number of rotatable bonds is 7. The molecule has 0 bridgehead atoms. The maximum absolute atomic E-state index is 12.8. The zero-order valence-electron chi connectivity index (χ0n) is 13.5. The third-order valence-corrected chi connectivity index (χ3v) is 3.51. The number of tetrazole rings is 1. The summed E-state index contributed by atoms with van der Waals surface area (Å²) >= 11 is 5.83. The number of hydrogen-bond acceptors (Lipinski definition) is 6. The van der Waals surface area contributed by atoms with Gasteiger partial charge in [0.2, 0.25) is 5.82 Å². The van der Waals surface area contributed by atoms with Crippen LogP contribution in [0, 0.1) is 5.82 Å². The number of ether oxygens (including phenoxy) is 2. The van der Waals surface area contributed by atoms with Crippen LogP contribution < -0.4 is 4.74 Å². The molecular formula is C17H14ClFN4O3. The lowest BCUT2D eigenvalue weighted by atomic mass is 10.2. The smallest absolute Gasteiger partial charge is 0.329 e. The number of nitrogens with zero attached hydrogens (tertiary/aromatic N) is 4. The van der Waals surface area contributed by atoms with E-state index < -0.39 is 5.97 Å². The Hall–Kier alpha value is -3.00. The Bertz CT molecular complexity index is 868. The summed E-state index contributed by atoms with van der Waals surface area (Å²) in [5, 5.41) is 12.4. The lowest BCUT2D eigenvalue weighted by molar-refractivity contribution is -0.145. The Morgan fingerprint density at radius 1 is 1.08 bits per heavy atom. The molecule has 0 N–H and O–H groups in total. The molecule has 1 aromatic heterocycles. The van der Waals surface area contributed by atoms with Crippen LogP contribution in [0.3, 0.4) is 0 Å². The topological polar surface area (TPSA) is 79.1 Å². The molecule has 9 heteroatoms. The molecule has 3 rings (SSSR count). The van der Waals surface area contributed by atoms with Crippen molar-refractivity contribution in [2.45, 2.75) is 6.54 Å². The molecule has 7 nitrogen and oxygen atoms in total. The summed E-state index contributed by atoms with van der Waals surface area (Å²) in [6, 6.07) is 12.5. The number of aromatic nitrogens is 4. The van der Waals surface area contributed by atoms with Gasteiger partial charge >= 0.3 is 5.97 Å². The quantitative estimate of drug-likeness (QED) is 0.466. The third kappa shape index (κ3) is 5.00. The third-order valence-electron chi connectivity index (χ3n) is 3.25. The Morgan fingerprint density at radius 3 is 2.54 bits per heavy atom. The van der Waals surface area contributed by atoms with Crippen molar-refractivity contribution < 1.29 is 18.7 Å². The average Bonchev–Trinajstić information content (AvgIpc) is 3.09. The summed E-state index contributed by atoms with van der Waals surface area (Å²) in [5.41, 5.74) is 0.738. The molecule has 0 aliphatic carbocycles. The van der Waals surface area contributed by atoms with Crippen molar-refractivity contribution in [3.05, 3.63) is 59.4 Å². The molecule has 3 aromatic rings. The van der Waals surface area contributed by atoms with E-state index >= 15 is 0 Å². The van der Waals surface area contributed by atoms with Crippen molar-refractivity contribution in [3.8, 4) is 17.1 Å². The molecule has 0 aliphatic heterocycles. The summed E-state index contributed by atoms with van der Waals surface area (Å²) in [6.45, 7) is 0.0320. The highest BCUT2D eigenvalue weighted by Gasteiger charge is 2.10. The highest BCUT2D eigenvalue weighted by atomic mass is 35.5. The van der Waals surface area contributed by atoms with Crippen LogP contribution in [-0.4, -0.2) is 39.4 Å². The van der Waals surface area contributed by atoms with Crippen LogP contribution in [0.1, 0.15) is 0 Å². The maximum atomic E-state index is 12.8. The van der Waals surface area contributed by atoms with Crippen LogP contribution in [0.2, 0.25) is 5.02 Å². The van der Waals surface area contributed by atoms with E-state index in [0.29, 0.717) is 16.6 Å². The zero-order valence-corrected chi connectivity index (χ0v) is 14.3. The number of benzene rings is 2. The molecule has 2 aromatic carbocycles. The van der Waals surface area contributed by atoms with Crippen molar-refractivity contribution in [1.82, 2.24) is 20.2 Å². The highest BCUT2D eigenvalue weighted by Crippen LogP contribution is 2.17. The Kier molecular flexibility index (Phi) is 5.75. The molecular weight excluding hydrogens is 363 g/mol. The molecule has 0 fully saturated rings. The molecule has 0 atom stereocenters. The lowest BCUT2D eigenvalue weighted by Gasteiger charge is -2.07. The molecule has 134 valence electrons. The summed E-state index contributed by atoms with van der Waals surface area (Å²) in [7, 11) is 0. The molecule has 0 aliphatic rings. The van der Waals surface area contributed by atoms with E-state index in [2.05, 4.69) is 15.4 Å². The first kappa shape index (κ1) is 17.8. The fourth-order valence-electron chi connectivity index (χ4n) is 2.03. The molecule has 0 spiro atoms. The van der Waals surface area contributed by atoms with Gasteiger partial charge in [0.15, 0.2) is 6.54 Å². The van der Waals surface area contributed by atoms with Crippen LogP contribution in [-0.2, 0) is 16.1 Å². The minimum Gasteiger partial charge on any atom is -0.490 e. The molecule has 1 heterocycles. The van der Waals surface area contributed by atoms with E-state index in [9.17, 15) is 9.18 Å².